The Labute approximate surface area is 140 Å². The quantitative estimate of drug-likeness (QED) is 0.656. The number of anilines is 2. The van der Waals surface area contributed by atoms with E-state index in [1.165, 1.54) is 18.2 Å². The zero-order valence-electron chi connectivity index (χ0n) is 10.8. The van der Waals surface area contributed by atoms with Crippen molar-refractivity contribution in [2.45, 2.75) is 6.18 Å². The van der Waals surface area contributed by atoms with Crippen LogP contribution in [0.4, 0.5) is 24.5 Å². The zero-order valence-corrected chi connectivity index (χ0v) is 13.2. The van der Waals surface area contributed by atoms with E-state index >= 15 is 0 Å². The molecule has 0 aromatic heterocycles. The molecule has 0 radical (unpaired) electrons. The Morgan fingerprint density at radius 3 is 2.18 bits per heavy atom. The van der Waals surface area contributed by atoms with E-state index in [1.54, 1.807) is 18.2 Å². The van der Waals surface area contributed by atoms with Crippen LogP contribution in [0, 0.1) is 0 Å². The van der Waals surface area contributed by atoms with Crippen LogP contribution in [0.5, 0.6) is 0 Å². The first-order chi connectivity index (χ1) is 10.3. The first-order valence-electron chi connectivity index (χ1n) is 5.97. The Morgan fingerprint density at radius 2 is 1.50 bits per heavy atom. The molecule has 0 bridgehead atoms. The van der Waals surface area contributed by atoms with Crippen molar-refractivity contribution in [3.63, 3.8) is 0 Å². The SMILES string of the molecule is FC(F)(F)c1ccccc1NC(=S)Nc1cccc(Cl)c1Cl. The molecule has 0 aliphatic carbocycles. The minimum absolute atomic E-state index is 0.0270. The van der Waals surface area contributed by atoms with Crippen LogP contribution in [-0.2, 0) is 6.18 Å². The molecule has 0 atom stereocenters. The topological polar surface area (TPSA) is 24.1 Å². The molecule has 2 nitrogen and oxygen atoms in total. The summed E-state index contributed by atoms with van der Waals surface area (Å²) >= 11 is 16.9. The highest BCUT2D eigenvalue weighted by Gasteiger charge is 2.33. The molecular weight excluding hydrogens is 356 g/mol. The Hall–Kier alpha value is -1.50. The number of para-hydroxylation sites is 1. The summed E-state index contributed by atoms with van der Waals surface area (Å²) in [5.74, 6) is 0. The predicted octanol–water partition coefficient (Wildman–Crippen LogP) is 5.82. The lowest BCUT2D eigenvalue weighted by Gasteiger charge is -2.16. The van der Waals surface area contributed by atoms with Crippen molar-refractivity contribution in [1.82, 2.24) is 0 Å². The molecule has 0 amide bonds. The third kappa shape index (κ3) is 4.03. The molecule has 0 unspecified atom stereocenters. The van der Waals surface area contributed by atoms with Gasteiger partial charge in [-0.1, -0.05) is 41.4 Å². The second-order valence-electron chi connectivity index (χ2n) is 4.22. The number of benzene rings is 2. The highest BCUT2D eigenvalue weighted by Crippen LogP contribution is 2.35. The number of nitrogens with one attached hydrogen (secondary N) is 2. The van der Waals surface area contributed by atoms with Gasteiger partial charge in [-0.3, -0.25) is 0 Å². The van der Waals surface area contributed by atoms with Gasteiger partial charge < -0.3 is 10.6 Å². The summed E-state index contributed by atoms with van der Waals surface area (Å²) in [5, 5.41) is 5.74. The van der Waals surface area contributed by atoms with Crippen LogP contribution in [0.25, 0.3) is 0 Å². The molecule has 8 heteroatoms. The van der Waals surface area contributed by atoms with Crippen molar-refractivity contribution in [2.75, 3.05) is 10.6 Å². The standard InChI is InChI=1S/C14H9Cl2F3N2S/c15-9-5-3-7-11(12(9)16)21-13(22)20-10-6-2-1-4-8(10)14(17,18)19/h1-7H,(H2,20,21,22). The van der Waals surface area contributed by atoms with Crippen LogP contribution < -0.4 is 10.6 Å². The van der Waals surface area contributed by atoms with Gasteiger partial charge in [-0.05, 0) is 36.5 Å². The average Bonchev–Trinajstić information content (AvgIpc) is 2.43. The van der Waals surface area contributed by atoms with E-state index < -0.39 is 11.7 Å². The van der Waals surface area contributed by atoms with E-state index in [1.807, 2.05) is 0 Å². The van der Waals surface area contributed by atoms with Crippen molar-refractivity contribution in [2.24, 2.45) is 0 Å². The highest BCUT2D eigenvalue weighted by molar-refractivity contribution is 7.80. The molecule has 2 aromatic rings. The van der Waals surface area contributed by atoms with Crippen molar-refractivity contribution in [3.05, 3.63) is 58.1 Å². The van der Waals surface area contributed by atoms with Gasteiger partial charge in [0.1, 0.15) is 0 Å². The Bertz CT molecular complexity index is 705. The van der Waals surface area contributed by atoms with Crippen molar-refractivity contribution < 1.29 is 13.2 Å². The van der Waals surface area contributed by atoms with Gasteiger partial charge >= 0.3 is 6.18 Å². The normalized spacial score (nSPS) is 11.1. The largest absolute Gasteiger partial charge is 0.418 e. The molecule has 2 N–H and O–H groups in total. The molecular formula is C14H9Cl2F3N2S. The molecule has 2 rings (SSSR count). The minimum Gasteiger partial charge on any atom is -0.332 e. The third-order valence-corrected chi connectivity index (χ3v) is 3.70. The molecule has 22 heavy (non-hydrogen) atoms. The molecule has 116 valence electrons. The monoisotopic (exact) mass is 364 g/mol. The fraction of sp³-hybridized carbons (Fsp3) is 0.0714. The molecule has 0 aliphatic heterocycles. The van der Waals surface area contributed by atoms with Gasteiger partial charge in [-0.2, -0.15) is 13.2 Å². The van der Waals surface area contributed by atoms with E-state index in [2.05, 4.69) is 10.6 Å². The first kappa shape index (κ1) is 16.9. The van der Waals surface area contributed by atoms with Gasteiger partial charge in [0, 0.05) is 0 Å². The van der Waals surface area contributed by atoms with Crippen molar-refractivity contribution >= 4 is 51.9 Å². The Kier molecular flexibility index (Phi) is 5.16. The summed E-state index contributed by atoms with van der Waals surface area (Å²) < 4.78 is 38.7. The lowest BCUT2D eigenvalue weighted by atomic mass is 10.1. The summed E-state index contributed by atoms with van der Waals surface area (Å²) in [6.07, 6.45) is -4.48. The molecule has 0 aliphatic rings. The van der Waals surface area contributed by atoms with Crippen molar-refractivity contribution in [3.8, 4) is 0 Å². The summed E-state index contributed by atoms with van der Waals surface area (Å²) in [6, 6.07) is 9.88. The zero-order chi connectivity index (χ0) is 16.3. The second kappa shape index (κ2) is 6.73. The average molecular weight is 365 g/mol. The number of rotatable bonds is 2. The van der Waals surface area contributed by atoms with Crippen LogP contribution in [-0.4, -0.2) is 5.11 Å². The third-order valence-electron chi connectivity index (χ3n) is 2.68. The van der Waals surface area contributed by atoms with Gasteiger partial charge in [0.05, 0.1) is 27.0 Å². The number of thiocarbonyl (C=S) groups is 1. The number of hydrogen-bond acceptors (Lipinski definition) is 1. The van der Waals surface area contributed by atoms with Crippen LogP contribution in [0.15, 0.2) is 42.5 Å². The summed E-state index contributed by atoms with van der Waals surface area (Å²) in [6.45, 7) is 0. The maximum atomic E-state index is 12.9. The summed E-state index contributed by atoms with van der Waals surface area (Å²) in [5.41, 5.74) is -0.557. The van der Waals surface area contributed by atoms with Crippen LogP contribution in [0.1, 0.15) is 5.56 Å². The van der Waals surface area contributed by atoms with Crippen LogP contribution in [0.3, 0.4) is 0 Å². The Balaban J connectivity index is 2.18. The lowest BCUT2D eigenvalue weighted by molar-refractivity contribution is -0.136. The molecule has 2 aromatic carbocycles. The highest BCUT2D eigenvalue weighted by atomic mass is 35.5. The molecule has 0 fully saturated rings. The van der Waals surface area contributed by atoms with E-state index in [0.717, 1.165) is 6.07 Å². The molecule has 0 spiro atoms. The minimum atomic E-state index is -4.48. The smallest absolute Gasteiger partial charge is 0.332 e. The Morgan fingerprint density at radius 1 is 0.909 bits per heavy atom. The van der Waals surface area contributed by atoms with E-state index in [0.29, 0.717) is 10.7 Å². The van der Waals surface area contributed by atoms with E-state index in [4.69, 9.17) is 35.4 Å². The summed E-state index contributed by atoms with van der Waals surface area (Å²) in [7, 11) is 0. The van der Waals surface area contributed by atoms with Gasteiger partial charge in [-0.25, -0.2) is 0 Å². The number of hydrogen-bond donors (Lipinski definition) is 2. The van der Waals surface area contributed by atoms with E-state index in [9.17, 15) is 13.2 Å². The molecule has 0 saturated carbocycles. The van der Waals surface area contributed by atoms with Crippen LogP contribution >= 0.6 is 35.4 Å². The van der Waals surface area contributed by atoms with Gasteiger partial charge in [0.25, 0.3) is 0 Å². The van der Waals surface area contributed by atoms with Gasteiger partial charge in [0.2, 0.25) is 0 Å². The fourth-order valence-electron chi connectivity index (χ4n) is 1.72. The second-order valence-corrected chi connectivity index (χ2v) is 5.42. The number of halogens is 5. The van der Waals surface area contributed by atoms with Gasteiger partial charge in [0.15, 0.2) is 5.11 Å². The summed E-state index contributed by atoms with van der Waals surface area (Å²) in [4.78, 5) is 0. The van der Waals surface area contributed by atoms with Crippen molar-refractivity contribution in [1.29, 1.82) is 0 Å². The van der Waals surface area contributed by atoms with Crippen LogP contribution in [0.2, 0.25) is 10.0 Å². The number of alkyl halides is 3. The van der Waals surface area contributed by atoms with Gasteiger partial charge in [-0.15, -0.1) is 0 Å². The maximum absolute atomic E-state index is 12.9. The molecule has 0 heterocycles. The van der Waals surface area contributed by atoms with E-state index in [-0.39, 0.29) is 15.8 Å². The predicted molar refractivity (Wildman–Crippen MR) is 87.7 cm³/mol. The first-order valence-corrected chi connectivity index (χ1v) is 7.13. The lowest BCUT2D eigenvalue weighted by Crippen LogP contribution is -2.21. The fourth-order valence-corrected chi connectivity index (χ4v) is 2.28. The molecule has 0 saturated heterocycles. The maximum Gasteiger partial charge on any atom is 0.418 e.